The van der Waals surface area contributed by atoms with Crippen LogP contribution in [0.25, 0.3) is 5.57 Å². The number of benzene rings is 2. The van der Waals surface area contributed by atoms with Crippen molar-refractivity contribution in [1.82, 2.24) is 0 Å². The van der Waals surface area contributed by atoms with Gasteiger partial charge in [0.1, 0.15) is 17.3 Å². The first-order chi connectivity index (χ1) is 13.8. The van der Waals surface area contributed by atoms with E-state index in [0.29, 0.717) is 12.0 Å². The molecule has 2 rings (SSSR count). The summed E-state index contributed by atoms with van der Waals surface area (Å²) in [6, 6.07) is 8.21. The van der Waals surface area contributed by atoms with Crippen LogP contribution in [-0.4, -0.2) is 24.2 Å². The van der Waals surface area contributed by atoms with Gasteiger partial charge in [-0.1, -0.05) is 29.9 Å². The van der Waals surface area contributed by atoms with Crippen molar-refractivity contribution >= 4 is 17.2 Å². The molecule has 0 atom stereocenters. The minimum absolute atomic E-state index is 0.200. The summed E-state index contributed by atoms with van der Waals surface area (Å²) in [6.45, 7) is 3.30. The summed E-state index contributed by atoms with van der Waals surface area (Å²) in [6.07, 6.45) is 4.15. The first-order valence-electron chi connectivity index (χ1n) is 8.95. The molecule has 154 valence electrons. The van der Waals surface area contributed by atoms with Gasteiger partial charge in [0.05, 0.1) is 0 Å². The number of aliphatic carboxylic acids is 1. The van der Waals surface area contributed by atoms with Crippen LogP contribution in [0, 0.1) is 17.5 Å². The maximum absolute atomic E-state index is 14.4. The maximum atomic E-state index is 14.4. The van der Waals surface area contributed by atoms with Crippen molar-refractivity contribution in [3.8, 4) is 5.75 Å². The molecular formula is C22H22F3NO3. The fourth-order valence-electron chi connectivity index (χ4n) is 2.61. The van der Waals surface area contributed by atoms with Crippen LogP contribution in [0.1, 0.15) is 25.8 Å². The van der Waals surface area contributed by atoms with E-state index in [-0.39, 0.29) is 18.1 Å². The van der Waals surface area contributed by atoms with Crippen molar-refractivity contribution in [2.75, 3.05) is 18.5 Å². The number of allylic oxidation sites excluding steroid dienone is 3. The first kappa shape index (κ1) is 22.1. The monoisotopic (exact) mass is 405 g/mol. The molecule has 0 unspecified atom stereocenters. The molecule has 0 heterocycles. The molecule has 0 spiro atoms. The largest absolute Gasteiger partial charge is 0.479 e. The summed E-state index contributed by atoms with van der Waals surface area (Å²) in [4.78, 5) is 10.6. The van der Waals surface area contributed by atoms with Gasteiger partial charge in [0.2, 0.25) is 0 Å². The SMILES string of the molecule is CC(C)=C/C(=C\CCNc1c(F)ccc(OCC(=O)O)c1F)c1cccc(F)c1. The highest BCUT2D eigenvalue weighted by molar-refractivity contribution is 5.74. The third kappa shape index (κ3) is 6.71. The molecule has 0 saturated carbocycles. The van der Waals surface area contributed by atoms with E-state index in [1.807, 2.05) is 26.0 Å². The lowest BCUT2D eigenvalue weighted by Gasteiger charge is -2.12. The normalized spacial score (nSPS) is 11.1. The number of nitrogens with one attached hydrogen (secondary N) is 1. The quantitative estimate of drug-likeness (QED) is 0.432. The van der Waals surface area contributed by atoms with E-state index in [4.69, 9.17) is 9.84 Å². The molecule has 4 nitrogen and oxygen atoms in total. The molecule has 0 bridgehead atoms. The Hall–Kier alpha value is -3.22. The zero-order valence-electron chi connectivity index (χ0n) is 16.1. The Morgan fingerprint density at radius 2 is 1.93 bits per heavy atom. The van der Waals surface area contributed by atoms with Crippen LogP contribution >= 0.6 is 0 Å². The van der Waals surface area contributed by atoms with Crippen molar-refractivity contribution in [2.45, 2.75) is 20.3 Å². The molecule has 0 aromatic heterocycles. The maximum Gasteiger partial charge on any atom is 0.341 e. The smallest absolute Gasteiger partial charge is 0.341 e. The number of hydrogen-bond acceptors (Lipinski definition) is 3. The minimum Gasteiger partial charge on any atom is -0.479 e. The van der Waals surface area contributed by atoms with Crippen molar-refractivity contribution in [1.29, 1.82) is 0 Å². The van der Waals surface area contributed by atoms with E-state index in [0.717, 1.165) is 23.3 Å². The van der Waals surface area contributed by atoms with Gasteiger partial charge in [-0.2, -0.15) is 0 Å². The van der Waals surface area contributed by atoms with Gasteiger partial charge in [0.15, 0.2) is 18.2 Å². The molecule has 0 amide bonds. The Labute approximate surface area is 167 Å². The Morgan fingerprint density at radius 1 is 1.17 bits per heavy atom. The highest BCUT2D eigenvalue weighted by Gasteiger charge is 2.15. The second-order valence-electron chi connectivity index (χ2n) is 6.52. The van der Waals surface area contributed by atoms with Crippen LogP contribution in [0.3, 0.4) is 0 Å². The molecule has 2 aromatic rings. The summed E-state index contributed by atoms with van der Waals surface area (Å²) in [7, 11) is 0. The lowest BCUT2D eigenvalue weighted by molar-refractivity contribution is -0.139. The zero-order valence-corrected chi connectivity index (χ0v) is 16.1. The molecule has 29 heavy (non-hydrogen) atoms. The lowest BCUT2D eigenvalue weighted by atomic mass is 10.0. The summed E-state index contributed by atoms with van der Waals surface area (Å²) in [5.41, 5.74) is 2.13. The summed E-state index contributed by atoms with van der Waals surface area (Å²) >= 11 is 0. The number of ether oxygens (including phenoxy) is 1. The van der Waals surface area contributed by atoms with Crippen molar-refractivity contribution < 1.29 is 27.8 Å². The number of hydrogen-bond donors (Lipinski definition) is 2. The van der Waals surface area contributed by atoms with Crippen LogP contribution in [0.4, 0.5) is 18.9 Å². The number of rotatable bonds is 9. The van der Waals surface area contributed by atoms with Gasteiger partial charge < -0.3 is 15.2 Å². The third-order valence-corrected chi connectivity index (χ3v) is 3.82. The molecule has 2 aromatic carbocycles. The summed E-state index contributed by atoms with van der Waals surface area (Å²) in [5.74, 6) is -3.78. The average Bonchev–Trinajstić information content (AvgIpc) is 2.65. The molecule has 0 aliphatic rings. The fourth-order valence-corrected chi connectivity index (χ4v) is 2.61. The predicted octanol–water partition coefficient (Wildman–Crippen LogP) is 5.42. The lowest BCUT2D eigenvalue weighted by Crippen LogP contribution is -2.12. The number of carbonyl (C=O) groups is 1. The van der Waals surface area contributed by atoms with Gasteiger partial charge >= 0.3 is 5.97 Å². The topological polar surface area (TPSA) is 58.6 Å². The molecule has 0 saturated heterocycles. The van der Waals surface area contributed by atoms with Gasteiger partial charge in [0, 0.05) is 6.54 Å². The van der Waals surface area contributed by atoms with Gasteiger partial charge in [-0.25, -0.2) is 18.0 Å². The van der Waals surface area contributed by atoms with Crippen molar-refractivity contribution in [2.24, 2.45) is 0 Å². The van der Waals surface area contributed by atoms with Gasteiger partial charge in [-0.15, -0.1) is 0 Å². The minimum atomic E-state index is -1.27. The van der Waals surface area contributed by atoms with Gasteiger partial charge in [0.25, 0.3) is 0 Å². The molecule has 0 radical (unpaired) electrons. The van der Waals surface area contributed by atoms with Crippen LogP contribution in [0.15, 0.2) is 54.1 Å². The second-order valence-corrected chi connectivity index (χ2v) is 6.52. The van der Waals surface area contributed by atoms with E-state index >= 15 is 0 Å². The molecule has 0 fully saturated rings. The van der Waals surface area contributed by atoms with Crippen molar-refractivity contribution in [3.05, 3.63) is 77.1 Å². The Morgan fingerprint density at radius 3 is 2.59 bits per heavy atom. The zero-order chi connectivity index (χ0) is 21.4. The van der Waals surface area contributed by atoms with E-state index in [1.165, 1.54) is 12.1 Å². The average molecular weight is 405 g/mol. The summed E-state index contributed by atoms with van der Waals surface area (Å²) < 4.78 is 46.7. The van der Waals surface area contributed by atoms with Crippen LogP contribution in [0.2, 0.25) is 0 Å². The van der Waals surface area contributed by atoms with Gasteiger partial charge in [-0.05, 0) is 55.7 Å². The van der Waals surface area contributed by atoms with E-state index in [1.54, 1.807) is 12.1 Å². The predicted molar refractivity (Wildman–Crippen MR) is 106 cm³/mol. The second kappa shape index (κ2) is 10.4. The van der Waals surface area contributed by atoms with Gasteiger partial charge in [-0.3, -0.25) is 0 Å². The molecule has 0 aliphatic carbocycles. The standard InChI is InChI=1S/C22H22F3NO3/c1-14(2)11-15(16-5-3-7-17(23)12-16)6-4-10-26-22-18(24)8-9-19(21(22)25)29-13-20(27)28/h3,5-9,11-12,26H,4,10,13H2,1-2H3,(H,27,28)/b15-6+. The van der Waals surface area contributed by atoms with E-state index < -0.39 is 29.9 Å². The number of carboxylic acids is 1. The highest BCUT2D eigenvalue weighted by atomic mass is 19.1. The number of halogens is 3. The molecule has 7 heteroatoms. The third-order valence-electron chi connectivity index (χ3n) is 3.82. The van der Waals surface area contributed by atoms with Crippen LogP contribution in [-0.2, 0) is 4.79 Å². The molecule has 2 N–H and O–H groups in total. The van der Waals surface area contributed by atoms with Crippen LogP contribution < -0.4 is 10.1 Å². The first-order valence-corrected chi connectivity index (χ1v) is 8.95. The number of carboxylic acid groups (broad SMARTS) is 1. The molecule has 0 aliphatic heterocycles. The molecular weight excluding hydrogens is 383 g/mol. The highest BCUT2D eigenvalue weighted by Crippen LogP contribution is 2.28. The van der Waals surface area contributed by atoms with E-state index in [9.17, 15) is 18.0 Å². The Kier molecular flexibility index (Phi) is 7.88. The Bertz CT molecular complexity index is 935. The fraction of sp³-hybridized carbons (Fsp3) is 0.227. The van der Waals surface area contributed by atoms with Crippen molar-refractivity contribution in [3.63, 3.8) is 0 Å². The van der Waals surface area contributed by atoms with E-state index in [2.05, 4.69) is 5.32 Å². The van der Waals surface area contributed by atoms with Crippen LogP contribution in [0.5, 0.6) is 5.75 Å². The Balaban J connectivity index is 2.12. The number of anilines is 1. The summed E-state index contributed by atoms with van der Waals surface area (Å²) in [5, 5.41) is 11.3.